The molecule has 7 heteroatoms. The van der Waals surface area contributed by atoms with E-state index in [1.165, 1.54) is 6.42 Å². The van der Waals surface area contributed by atoms with Gasteiger partial charge in [-0.2, -0.15) is 0 Å². The normalized spacial score (nSPS) is 15.2. The van der Waals surface area contributed by atoms with Crippen LogP contribution >= 0.6 is 11.6 Å². The summed E-state index contributed by atoms with van der Waals surface area (Å²) in [7, 11) is 1.69. The van der Waals surface area contributed by atoms with E-state index in [4.69, 9.17) is 26.0 Å². The second-order valence-corrected chi connectivity index (χ2v) is 10.9. The molecule has 0 saturated carbocycles. The second-order valence-electron chi connectivity index (χ2n) is 10.5. The summed E-state index contributed by atoms with van der Waals surface area (Å²) < 4.78 is 10.1. The zero-order valence-electron chi connectivity index (χ0n) is 23.4. The fourth-order valence-electron chi connectivity index (χ4n) is 3.25. The van der Waals surface area contributed by atoms with Crippen molar-refractivity contribution in [3.63, 3.8) is 0 Å². The Morgan fingerprint density at radius 1 is 1.20 bits per heavy atom. The monoisotopic (exact) mass is 510 g/mol. The van der Waals surface area contributed by atoms with Gasteiger partial charge in [0.15, 0.2) is 5.78 Å². The second kappa shape index (κ2) is 16.0. The zero-order chi connectivity index (χ0) is 27.2. The molecule has 2 heterocycles. The molecule has 0 spiro atoms. The fraction of sp³-hybridized carbons (Fsp3) is 0.643. The molecule has 1 fully saturated rings. The van der Waals surface area contributed by atoms with Gasteiger partial charge in [-0.3, -0.25) is 4.79 Å². The van der Waals surface area contributed by atoms with Gasteiger partial charge in [-0.15, -0.1) is 0 Å². The van der Waals surface area contributed by atoms with Crippen LogP contribution in [0.25, 0.3) is 0 Å². The van der Waals surface area contributed by atoms with Crippen LogP contribution in [0.5, 0.6) is 0 Å². The van der Waals surface area contributed by atoms with E-state index in [9.17, 15) is 4.79 Å². The molecule has 3 rings (SSSR count). The molecule has 2 aromatic rings. The van der Waals surface area contributed by atoms with Crippen LogP contribution in [0.4, 0.5) is 5.69 Å². The SMILES string of the molecule is CC(=O)C1CCCN1c1ccc(Cl)cc1.CC(C)(C)O.CCC.COCC(C)(C)c1cc(C)on1. The smallest absolute Gasteiger partial charge is 0.152 e. The molecule has 1 aromatic carbocycles. The maximum atomic E-state index is 11.4. The van der Waals surface area contributed by atoms with E-state index in [1.807, 2.05) is 37.3 Å². The molecule has 1 saturated heterocycles. The number of hydrogen-bond donors (Lipinski definition) is 1. The molecule has 0 aliphatic carbocycles. The Labute approximate surface area is 218 Å². The van der Waals surface area contributed by atoms with E-state index >= 15 is 0 Å². The molecule has 1 aromatic heterocycles. The van der Waals surface area contributed by atoms with Crippen LogP contribution in [0, 0.1) is 6.92 Å². The number of carbonyl (C=O) groups is 1. The van der Waals surface area contributed by atoms with Gasteiger partial charge in [-0.05, 0) is 71.7 Å². The van der Waals surface area contributed by atoms with Gasteiger partial charge < -0.3 is 19.3 Å². The lowest BCUT2D eigenvalue weighted by molar-refractivity contribution is -0.118. The molecule has 6 nitrogen and oxygen atoms in total. The number of anilines is 1. The van der Waals surface area contributed by atoms with Crippen LogP contribution in [0.2, 0.25) is 5.02 Å². The summed E-state index contributed by atoms with van der Waals surface area (Å²) in [5, 5.41) is 13.2. The number of rotatable bonds is 5. The highest BCUT2D eigenvalue weighted by Crippen LogP contribution is 2.27. The van der Waals surface area contributed by atoms with Gasteiger partial charge in [0, 0.05) is 35.8 Å². The number of ether oxygens (including phenoxy) is 1. The highest BCUT2D eigenvalue weighted by atomic mass is 35.5. The molecule has 0 bridgehead atoms. The first-order chi connectivity index (χ1) is 16.2. The summed E-state index contributed by atoms with van der Waals surface area (Å²) in [6.07, 6.45) is 3.31. The average Bonchev–Trinajstić information content (AvgIpc) is 3.38. The molecule has 1 atom stereocenters. The molecular formula is C28H47ClN2O4. The Morgan fingerprint density at radius 3 is 2.11 bits per heavy atom. The first-order valence-electron chi connectivity index (χ1n) is 12.3. The topological polar surface area (TPSA) is 75.8 Å². The van der Waals surface area contributed by atoms with Crippen molar-refractivity contribution in [2.45, 2.75) is 98.6 Å². The minimum atomic E-state index is -0.500. The third-order valence-electron chi connectivity index (χ3n) is 4.71. The first kappa shape index (κ1) is 33.1. The summed E-state index contributed by atoms with van der Waals surface area (Å²) in [6, 6.07) is 9.69. The number of nitrogens with zero attached hydrogens (tertiary/aromatic N) is 2. The lowest BCUT2D eigenvalue weighted by Crippen LogP contribution is -2.34. The standard InChI is InChI=1S/C12H14ClNO.C9H15NO2.C4H10O.C3H8/c1-9(15)12-3-2-8-14(12)11-6-4-10(13)5-7-11;1-7-5-8(10-12-7)9(2,3)6-11-4;1-4(2,3)5;1-3-2/h4-7,12H,2-3,8H2,1H3;5H,6H2,1-4H3;5H,1-3H3;3H2,1-2H3. The molecular weight excluding hydrogens is 464 g/mol. The summed E-state index contributed by atoms with van der Waals surface area (Å²) >= 11 is 5.83. The van der Waals surface area contributed by atoms with Crippen LogP contribution in [-0.4, -0.2) is 48.0 Å². The number of carbonyl (C=O) groups excluding carboxylic acids is 1. The van der Waals surface area contributed by atoms with E-state index in [0.717, 1.165) is 41.6 Å². The van der Waals surface area contributed by atoms with Gasteiger partial charge in [-0.1, -0.05) is 50.9 Å². The number of aromatic nitrogens is 1. The van der Waals surface area contributed by atoms with Gasteiger partial charge in [0.2, 0.25) is 0 Å². The molecule has 0 amide bonds. The predicted molar refractivity (Wildman–Crippen MR) is 147 cm³/mol. The Morgan fingerprint density at radius 2 is 1.71 bits per heavy atom. The fourth-order valence-corrected chi connectivity index (χ4v) is 3.38. The third-order valence-corrected chi connectivity index (χ3v) is 4.96. The zero-order valence-corrected chi connectivity index (χ0v) is 24.2. The number of aliphatic hydroxyl groups is 1. The Bertz CT molecular complexity index is 835. The van der Waals surface area contributed by atoms with Crippen molar-refractivity contribution in [3.05, 3.63) is 46.8 Å². The number of aryl methyl sites for hydroxylation is 1. The lowest BCUT2D eigenvalue weighted by atomic mass is 9.90. The highest BCUT2D eigenvalue weighted by molar-refractivity contribution is 6.30. The van der Waals surface area contributed by atoms with Crippen LogP contribution in [0.1, 0.15) is 86.1 Å². The summed E-state index contributed by atoms with van der Waals surface area (Å²) in [4.78, 5) is 13.6. The van der Waals surface area contributed by atoms with E-state index in [-0.39, 0.29) is 17.2 Å². The molecule has 1 unspecified atom stereocenters. The van der Waals surface area contributed by atoms with Crippen LogP contribution < -0.4 is 4.90 Å². The Balaban J connectivity index is 0.000000516. The first-order valence-corrected chi connectivity index (χ1v) is 12.7. The number of methoxy groups -OCH3 is 1. The van der Waals surface area contributed by atoms with Crippen molar-refractivity contribution < 1.29 is 19.2 Å². The maximum Gasteiger partial charge on any atom is 0.152 e. The van der Waals surface area contributed by atoms with Gasteiger partial charge in [0.1, 0.15) is 5.76 Å². The van der Waals surface area contributed by atoms with Crippen molar-refractivity contribution in [1.82, 2.24) is 5.16 Å². The predicted octanol–water partition coefficient (Wildman–Crippen LogP) is 7.00. The lowest BCUT2D eigenvalue weighted by Gasteiger charge is -2.24. The molecule has 35 heavy (non-hydrogen) atoms. The maximum absolute atomic E-state index is 11.4. The minimum Gasteiger partial charge on any atom is -0.391 e. The molecule has 1 N–H and O–H groups in total. The van der Waals surface area contributed by atoms with E-state index in [0.29, 0.717) is 6.61 Å². The number of hydrogen-bond acceptors (Lipinski definition) is 6. The van der Waals surface area contributed by atoms with Crippen molar-refractivity contribution in [3.8, 4) is 0 Å². The average molecular weight is 511 g/mol. The molecule has 200 valence electrons. The van der Waals surface area contributed by atoms with Crippen molar-refractivity contribution in [2.24, 2.45) is 0 Å². The third kappa shape index (κ3) is 14.3. The number of Topliss-reactive ketones (excluding diaryl/α,β-unsaturated/α-hetero) is 1. The van der Waals surface area contributed by atoms with Crippen molar-refractivity contribution in [1.29, 1.82) is 0 Å². The van der Waals surface area contributed by atoms with E-state index < -0.39 is 5.60 Å². The van der Waals surface area contributed by atoms with Crippen LogP contribution in [0.3, 0.4) is 0 Å². The van der Waals surface area contributed by atoms with Gasteiger partial charge in [-0.25, -0.2) is 0 Å². The van der Waals surface area contributed by atoms with Gasteiger partial charge in [0.05, 0.1) is 23.9 Å². The Hall–Kier alpha value is -1.89. The highest BCUT2D eigenvalue weighted by Gasteiger charge is 2.28. The summed E-state index contributed by atoms with van der Waals surface area (Å²) in [5.74, 6) is 1.09. The van der Waals surface area contributed by atoms with Crippen LogP contribution in [0.15, 0.2) is 34.9 Å². The number of halogens is 1. The molecule has 1 aliphatic heterocycles. The number of benzene rings is 1. The largest absolute Gasteiger partial charge is 0.391 e. The van der Waals surface area contributed by atoms with Gasteiger partial charge in [0.25, 0.3) is 0 Å². The van der Waals surface area contributed by atoms with E-state index in [1.54, 1.807) is 34.8 Å². The summed E-state index contributed by atoms with van der Waals surface area (Å²) in [5.41, 5.74) is 1.48. The van der Waals surface area contributed by atoms with Crippen LogP contribution in [-0.2, 0) is 14.9 Å². The van der Waals surface area contributed by atoms with Crippen molar-refractivity contribution in [2.75, 3.05) is 25.2 Å². The minimum absolute atomic E-state index is 0.0613. The quantitative estimate of drug-likeness (QED) is 0.466. The Kier molecular flexibility index (Phi) is 15.1. The number of ketones is 1. The van der Waals surface area contributed by atoms with Gasteiger partial charge >= 0.3 is 0 Å². The summed E-state index contributed by atoms with van der Waals surface area (Å²) in [6.45, 7) is 18.8. The molecule has 1 aliphatic rings. The van der Waals surface area contributed by atoms with Crippen molar-refractivity contribution >= 4 is 23.1 Å². The molecule has 0 radical (unpaired) electrons. The van der Waals surface area contributed by atoms with E-state index in [2.05, 4.69) is 37.8 Å².